The van der Waals surface area contributed by atoms with Crippen LogP contribution in [-0.2, 0) is 0 Å². The fourth-order valence-electron chi connectivity index (χ4n) is 2.40. The van der Waals surface area contributed by atoms with Crippen molar-refractivity contribution in [3.05, 3.63) is 89.7 Å². The molecule has 0 heterocycles. The molecule has 0 aliphatic carbocycles. The number of nitrogens with two attached hydrogens (primary N) is 1. The number of halogens is 1. The van der Waals surface area contributed by atoms with Gasteiger partial charge in [0.25, 0.3) is 0 Å². The Morgan fingerprint density at radius 2 is 1.71 bits per heavy atom. The normalized spacial score (nSPS) is 11.3. The molecule has 2 N–H and O–H groups in total. The van der Waals surface area contributed by atoms with Crippen LogP contribution in [-0.4, -0.2) is 12.1 Å². The largest absolute Gasteiger partial charge is 0.383 e. The number of carbonyl (C=O) groups is 1. The Hall–Kier alpha value is -3.27. The maximum absolute atomic E-state index is 14.2. The molecule has 0 atom stereocenters. The second kappa shape index (κ2) is 6.87. The topological polar surface area (TPSA) is 55.4 Å². The van der Waals surface area contributed by atoms with Gasteiger partial charge in [0.15, 0.2) is 0 Å². The summed E-state index contributed by atoms with van der Waals surface area (Å²) in [5.74, 6) is -0.379. The average Bonchev–Trinajstić information content (AvgIpc) is 2.63. The summed E-state index contributed by atoms with van der Waals surface area (Å²) < 4.78 is 14.2. The van der Waals surface area contributed by atoms with E-state index in [2.05, 4.69) is 4.99 Å². The van der Waals surface area contributed by atoms with Crippen LogP contribution in [0, 0.1) is 5.82 Å². The van der Waals surface area contributed by atoms with Crippen LogP contribution in [0.1, 0.15) is 15.9 Å². The van der Waals surface area contributed by atoms with E-state index in [1.165, 1.54) is 6.07 Å². The number of hydrogen-bond donors (Lipinski definition) is 1. The van der Waals surface area contributed by atoms with Crippen molar-refractivity contribution < 1.29 is 9.18 Å². The molecule has 3 rings (SSSR count). The van der Waals surface area contributed by atoms with Gasteiger partial charge in [-0.3, -0.25) is 4.79 Å². The van der Waals surface area contributed by atoms with Gasteiger partial charge in [-0.2, -0.15) is 0 Å². The first-order valence-electron chi connectivity index (χ1n) is 7.42. The SMILES string of the molecule is NC(=Nc1cccc(C=O)c1)c1cc(-c2ccccc2)ccc1F. The van der Waals surface area contributed by atoms with Crippen molar-refractivity contribution >= 4 is 17.8 Å². The lowest BCUT2D eigenvalue weighted by atomic mass is 10.0. The van der Waals surface area contributed by atoms with Crippen molar-refractivity contribution in [3.63, 3.8) is 0 Å². The summed E-state index contributed by atoms with van der Waals surface area (Å²) in [4.78, 5) is 15.1. The van der Waals surface area contributed by atoms with E-state index in [4.69, 9.17) is 5.73 Å². The van der Waals surface area contributed by atoms with Crippen LogP contribution in [0.5, 0.6) is 0 Å². The molecule has 0 radical (unpaired) electrons. The van der Waals surface area contributed by atoms with Crippen molar-refractivity contribution in [2.24, 2.45) is 10.7 Å². The van der Waals surface area contributed by atoms with Crippen molar-refractivity contribution in [1.29, 1.82) is 0 Å². The minimum Gasteiger partial charge on any atom is -0.383 e. The molecule has 118 valence electrons. The maximum Gasteiger partial charge on any atom is 0.150 e. The van der Waals surface area contributed by atoms with Gasteiger partial charge in [0.2, 0.25) is 0 Å². The zero-order valence-electron chi connectivity index (χ0n) is 12.8. The number of hydrogen-bond acceptors (Lipinski definition) is 2. The summed E-state index contributed by atoms with van der Waals surface area (Å²) in [7, 11) is 0. The Kier molecular flexibility index (Phi) is 4.47. The van der Waals surface area contributed by atoms with Crippen molar-refractivity contribution in [2.45, 2.75) is 0 Å². The van der Waals surface area contributed by atoms with Crippen molar-refractivity contribution in [1.82, 2.24) is 0 Å². The minimum atomic E-state index is -0.442. The van der Waals surface area contributed by atoms with E-state index in [0.29, 0.717) is 11.3 Å². The molecule has 3 aromatic carbocycles. The molecular formula is C20H15FN2O. The lowest BCUT2D eigenvalue weighted by Gasteiger charge is -2.07. The Labute approximate surface area is 139 Å². The highest BCUT2D eigenvalue weighted by atomic mass is 19.1. The molecule has 0 saturated carbocycles. The monoisotopic (exact) mass is 318 g/mol. The van der Waals surface area contributed by atoms with E-state index in [-0.39, 0.29) is 11.4 Å². The molecule has 0 fully saturated rings. The first-order valence-corrected chi connectivity index (χ1v) is 7.42. The second-order valence-corrected chi connectivity index (χ2v) is 5.27. The third-order valence-electron chi connectivity index (χ3n) is 3.61. The van der Waals surface area contributed by atoms with E-state index >= 15 is 0 Å². The highest BCUT2D eigenvalue weighted by Gasteiger charge is 2.09. The molecule has 0 bridgehead atoms. The zero-order chi connectivity index (χ0) is 16.9. The molecule has 0 saturated heterocycles. The van der Waals surface area contributed by atoms with Gasteiger partial charge in [-0.1, -0.05) is 48.5 Å². The molecular weight excluding hydrogens is 303 g/mol. The molecule has 0 spiro atoms. The van der Waals surface area contributed by atoms with E-state index < -0.39 is 5.82 Å². The predicted molar refractivity (Wildman–Crippen MR) is 94.0 cm³/mol. The van der Waals surface area contributed by atoms with Gasteiger partial charge >= 0.3 is 0 Å². The smallest absolute Gasteiger partial charge is 0.150 e. The average molecular weight is 318 g/mol. The summed E-state index contributed by atoms with van der Waals surface area (Å²) in [6, 6.07) is 21.1. The van der Waals surface area contributed by atoms with Crippen LogP contribution in [0.3, 0.4) is 0 Å². The second-order valence-electron chi connectivity index (χ2n) is 5.27. The third-order valence-corrected chi connectivity index (χ3v) is 3.61. The van der Waals surface area contributed by atoms with E-state index in [9.17, 15) is 9.18 Å². The van der Waals surface area contributed by atoms with Crippen LogP contribution in [0.2, 0.25) is 0 Å². The number of benzene rings is 3. The van der Waals surface area contributed by atoms with E-state index in [1.807, 2.05) is 30.3 Å². The quantitative estimate of drug-likeness (QED) is 0.442. The van der Waals surface area contributed by atoms with Crippen molar-refractivity contribution in [2.75, 3.05) is 0 Å². The van der Waals surface area contributed by atoms with Gasteiger partial charge in [0, 0.05) is 5.56 Å². The molecule has 3 nitrogen and oxygen atoms in total. The van der Waals surface area contributed by atoms with Gasteiger partial charge in [-0.25, -0.2) is 9.38 Å². The van der Waals surface area contributed by atoms with Gasteiger partial charge < -0.3 is 5.73 Å². The number of nitrogens with zero attached hydrogens (tertiary/aromatic N) is 1. The lowest BCUT2D eigenvalue weighted by molar-refractivity contribution is 0.112. The molecule has 0 amide bonds. The fourth-order valence-corrected chi connectivity index (χ4v) is 2.40. The van der Waals surface area contributed by atoms with Gasteiger partial charge in [0.05, 0.1) is 11.3 Å². The number of carbonyl (C=O) groups excluding carboxylic acids is 1. The van der Waals surface area contributed by atoms with Gasteiger partial charge in [0.1, 0.15) is 17.9 Å². The number of aliphatic imine (C=N–C) groups is 1. The lowest BCUT2D eigenvalue weighted by Crippen LogP contribution is -2.15. The van der Waals surface area contributed by atoms with Gasteiger partial charge in [-0.05, 0) is 35.4 Å². The highest BCUT2D eigenvalue weighted by Crippen LogP contribution is 2.23. The standard InChI is InChI=1S/C20H15FN2O/c21-19-10-9-16(15-6-2-1-3-7-15)12-18(19)20(22)23-17-8-4-5-14(11-17)13-24/h1-13H,(H2,22,23). The Morgan fingerprint density at radius 1 is 0.917 bits per heavy atom. The first-order chi connectivity index (χ1) is 11.7. The maximum atomic E-state index is 14.2. The molecule has 0 unspecified atom stereocenters. The van der Waals surface area contributed by atoms with Crippen LogP contribution in [0.15, 0.2) is 77.8 Å². The summed E-state index contributed by atoms with van der Waals surface area (Å²) in [5, 5.41) is 0. The summed E-state index contributed by atoms with van der Waals surface area (Å²) >= 11 is 0. The molecule has 4 heteroatoms. The third kappa shape index (κ3) is 3.38. The fraction of sp³-hybridized carbons (Fsp3) is 0. The Morgan fingerprint density at radius 3 is 2.46 bits per heavy atom. The summed E-state index contributed by atoms with van der Waals surface area (Å²) in [6.07, 6.45) is 0.728. The molecule has 0 aromatic heterocycles. The highest BCUT2D eigenvalue weighted by molar-refractivity contribution is 6.00. The van der Waals surface area contributed by atoms with Crippen LogP contribution in [0.4, 0.5) is 10.1 Å². The molecule has 0 aliphatic heterocycles. The van der Waals surface area contributed by atoms with E-state index in [0.717, 1.165) is 17.4 Å². The molecule has 0 aliphatic rings. The van der Waals surface area contributed by atoms with E-state index in [1.54, 1.807) is 36.4 Å². The first kappa shape index (κ1) is 15.6. The predicted octanol–water partition coefficient (Wildman–Crippen LogP) is 4.34. The minimum absolute atomic E-state index is 0.0633. The van der Waals surface area contributed by atoms with Crippen LogP contribution < -0.4 is 5.73 Å². The Bertz CT molecular complexity index is 905. The molecule has 3 aromatic rings. The Balaban J connectivity index is 2.01. The number of rotatable bonds is 4. The van der Waals surface area contributed by atoms with Crippen molar-refractivity contribution in [3.8, 4) is 11.1 Å². The zero-order valence-corrected chi connectivity index (χ0v) is 12.8. The number of aldehydes is 1. The van der Waals surface area contributed by atoms with Crippen LogP contribution in [0.25, 0.3) is 11.1 Å². The van der Waals surface area contributed by atoms with Crippen LogP contribution >= 0.6 is 0 Å². The summed E-state index contributed by atoms with van der Waals surface area (Å²) in [5.41, 5.74) is 9.03. The number of amidine groups is 1. The summed E-state index contributed by atoms with van der Waals surface area (Å²) in [6.45, 7) is 0. The molecule has 24 heavy (non-hydrogen) atoms. The van der Waals surface area contributed by atoms with Gasteiger partial charge in [-0.15, -0.1) is 0 Å².